The van der Waals surface area contributed by atoms with Gasteiger partial charge in [0.15, 0.2) is 0 Å². The number of benzene rings is 3. The number of carbonyl (C=O) groups is 2. The number of alkyl halides is 3. The van der Waals surface area contributed by atoms with E-state index in [-0.39, 0.29) is 17.9 Å². The Morgan fingerprint density at radius 2 is 1.57 bits per heavy atom. The lowest BCUT2D eigenvalue weighted by Crippen LogP contribution is -2.55. The number of sulfonamides is 1. The molecule has 0 spiro atoms. The lowest BCUT2D eigenvalue weighted by Gasteiger charge is -2.35. The number of amides is 2. The van der Waals surface area contributed by atoms with Crippen molar-refractivity contribution in [3.63, 3.8) is 0 Å². The van der Waals surface area contributed by atoms with Crippen LogP contribution in [0.15, 0.2) is 71.6 Å². The highest BCUT2D eigenvalue weighted by molar-refractivity contribution is 7.92. The van der Waals surface area contributed by atoms with E-state index in [0.29, 0.717) is 10.4 Å². The molecule has 0 aliphatic carbocycles. The van der Waals surface area contributed by atoms with Gasteiger partial charge in [-0.2, -0.15) is 13.2 Å². The van der Waals surface area contributed by atoms with Gasteiger partial charge < -0.3 is 10.2 Å². The summed E-state index contributed by atoms with van der Waals surface area (Å²) in [6, 6.07) is 14.6. The van der Waals surface area contributed by atoms with Gasteiger partial charge in [-0.25, -0.2) is 8.42 Å². The molecule has 0 bridgehead atoms. The standard InChI is InChI=1S/C32H37ClF3N3O4S/c1-7-28(30(41)37-31(4,5)6)38(19-23-11-9-8-10-22(23)3)29(40)20-39(44(42,43)25-15-12-21(2)13-16-25)24-14-17-27(33)26(18-24)32(34,35)36/h8-18,28H,7,19-20H2,1-6H3,(H,37,41). The van der Waals surface area contributed by atoms with Gasteiger partial charge in [0.1, 0.15) is 12.6 Å². The molecule has 238 valence electrons. The Balaban J connectivity index is 2.18. The molecule has 1 N–H and O–H groups in total. The van der Waals surface area contributed by atoms with Gasteiger partial charge in [-0.05, 0) is 82.5 Å². The van der Waals surface area contributed by atoms with Crippen molar-refractivity contribution in [2.45, 2.75) is 77.2 Å². The van der Waals surface area contributed by atoms with E-state index in [0.717, 1.165) is 28.8 Å². The topological polar surface area (TPSA) is 86.8 Å². The van der Waals surface area contributed by atoms with Crippen molar-refractivity contribution in [3.05, 3.63) is 94.0 Å². The summed E-state index contributed by atoms with van der Waals surface area (Å²) in [4.78, 5) is 28.7. The molecule has 0 saturated heterocycles. The maximum absolute atomic E-state index is 14.2. The largest absolute Gasteiger partial charge is 0.417 e. The Morgan fingerprint density at radius 1 is 0.955 bits per heavy atom. The third-order valence-electron chi connectivity index (χ3n) is 6.92. The van der Waals surface area contributed by atoms with Crippen LogP contribution in [0.2, 0.25) is 5.02 Å². The molecule has 0 aliphatic rings. The Morgan fingerprint density at radius 3 is 2.11 bits per heavy atom. The van der Waals surface area contributed by atoms with Gasteiger partial charge >= 0.3 is 6.18 Å². The minimum absolute atomic E-state index is 0.0333. The Kier molecular flexibility index (Phi) is 10.8. The highest BCUT2D eigenvalue weighted by Gasteiger charge is 2.37. The first-order valence-corrected chi connectivity index (χ1v) is 15.8. The van der Waals surface area contributed by atoms with Crippen LogP contribution in [-0.4, -0.2) is 43.3 Å². The molecule has 3 aromatic rings. The molecular weight excluding hydrogens is 615 g/mol. The highest BCUT2D eigenvalue weighted by atomic mass is 35.5. The maximum atomic E-state index is 14.2. The molecule has 0 heterocycles. The predicted octanol–water partition coefficient (Wildman–Crippen LogP) is 6.89. The van der Waals surface area contributed by atoms with Crippen LogP contribution >= 0.6 is 11.6 Å². The molecule has 1 atom stereocenters. The quantitative estimate of drug-likeness (QED) is 0.259. The van der Waals surface area contributed by atoms with E-state index in [2.05, 4.69) is 5.32 Å². The predicted molar refractivity (Wildman–Crippen MR) is 166 cm³/mol. The van der Waals surface area contributed by atoms with Crippen molar-refractivity contribution in [1.82, 2.24) is 10.2 Å². The first kappa shape index (κ1) is 34.9. The summed E-state index contributed by atoms with van der Waals surface area (Å²) < 4.78 is 70.1. The van der Waals surface area contributed by atoms with Crippen LogP contribution < -0.4 is 9.62 Å². The van der Waals surface area contributed by atoms with Crippen LogP contribution in [0, 0.1) is 13.8 Å². The maximum Gasteiger partial charge on any atom is 0.417 e. The van der Waals surface area contributed by atoms with Crippen molar-refractivity contribution in [2.24, 2.45) is 0 Å². The van der Waals surface area contributed by atoms with Gasteiger partial charge in [0.25, 0.3) is 10.0 Å². The summed E-state index contributed by atoms with van der Waals surface area (Å²) in [7, 11) is -4.56. The molecule has 44 heavy (non-hydrogen) atoms. The normalized spacial score (nSPS) is 12.9. The number of nitrogens with one attached hydrogen (secondary N) is 1. The van der Waals surface area contributed by atoms with Gasteiger partial charge in [0.05, 0.1) is 21.2 Å². The first-order chi connectivity index (χ1) is 20.3. The number of halogens is 4. The minimum atomic E-state index is -4.88. The molecule has 2 amide bonds. The van der Waals surface area contributed by atoms with E-state index in [4.69, 9.17) is 11.6 Å². The number of anilines is 1. The fourth-order valence-corrected chi connectivity index (χ4v) is 6.23. The average molecular weight is 652 g/mol. The molecule has 0 radical (unpaired) electrons. The van der Waals surface area contributed by atoms with Gasteiger partial charge in [-0.15, -0.1) is 0 Å². The summed E-state index contributed by atoms with van der Waals surface area (Å²) >= 11 is 5.84. The lowest BCUT2D eigenvalue weighted by atomic mass is 10.0. The smallest absolute Gasteiger partial charge is 0.350 e. The molecule has 7 nitrogen and oxygen atoms in total. The highest BCUT2D eigenvalue weighted by Crippen LogP contribution is 2.38. The second-order valence-electron chi connectivity index (χ2n) is 11.6. The molecule has 1 unspecified atom stereocenters. The van der Waals surface area contributed by atoms with E-state index in [9.17, 15) is 31.2 Å². The van der Waals surface area contributed by atoms with Crippen molar-refractivity contribution in [2.75, 3.05) is 10.8 Å². The SMILES string of the molecule is CCC(C(=O)NC(C)(C)C)N(Cc1ccccc1C)C(=O)CN(c1ccc(Cl)c(C(F)(F)F)c1)S(=O)(=O)c1ccc(C)cc1. The fraction of sp³-hybridized carbons (Fsp3) is 0.375. The molecule has 0 saturated carbocycles. The molecule has 3 aromatic carbocycles. The summed E-state index contributed by atoms with van der Waals surface area (Å²) in [5.74, 6) is -1.22. The third kappa shape index (κ3) is 8.53. The molecule has 3 rings (SSSR count). The van der Waals surface area contributed by atoms with Crippen molar-refractivity contribution >= 4 is 39.1 Å². The molecule has 0 aliphatic heterocycles. The third-order valence-corrected chi connectivity index (χ3v) is 9.03. The Bertz CT molecular complexity index is 1600. The molecule has 12 heteroatoms. The Hall–Kier alpha value is -3.57. The minimum Gasteiger partial charge on any atom is -0.350 e. The number of aryl methyl sites for hydroxylation is 2. The number of rotatable bonds is 10. The van der Waals surface area contributed by atoms with E-state index in [1.165, 1.54) is 17.0 Å². The second kappa shape index (κ2) is 13.6. The van der Waals surface area contributed by atoms with Crippen LogP contribution in [0.5, 0.6) is 0 Å². The Labute approximate surface area is 262 Å². The van der Waals surface area contributed by atoms with Crippen LogP contribution in [0.3, 0.4) is 0 Å². The number of hydrogen-bond donors (Lipinski definition) is 1. The number of nitrogens with zero attached hydrogens (tertiary/aromatic N) is 2. The van der Waals surface area contributed by atoms with E-state index in [1.807, 2.05) is 19.1 Å². The summed E-state index contributed by atoms with van der Waals surface area (Å²) in [6.07, 6.45) is -4.69. The van der Waals surface area contributed by atoms with E-state index >= 15 is 0 Å². The van der Waals surface area contributed by atoms with Crippen molar-refractivity contribution in [3.8, 4) is 0 Å². The average Bonchev–Trinajstić information content (AvgIpc) is 2.91. The molecule has 0 fully saturated rings. The zero-order valence-corrected chi connectivity index (χ0v) is 27.1. The zero-order valence-electron chi connectivity index (χ0n) is 25.5. The summed E-state index contributed by atoms with van der Waals surface area (Å²) in [6.45, 7) is 9.78. The summed E-state index contributed by atoms with van der Waals surface area (Å²) in [5, 5.41) is 2.26. The van der Waals surface area contributed by atoms with Crippen molar-refractivity contribution in [1.29, 1.82) is 0 Å². The van der Waals surface area contributed by atoms with Gasteiger partial charge in [0.2, 0.25) is 11.8 Å². The van der Waals surface area contributed by atoms with Gasteiger partial charge in [0, 0.05) is 12.1 Å². The van der Waals surface area contributed by atoms with Crippen LogP contribution in [0.25, 0.3) is 0 Å². The van der Waals surface area contributed by atoms with Crippen LogP contribution in [-0.2, 0) is 32.3 Å². The fourth-order valence-electron chi connectivity index (χ4n) is 4.60. The van der Waals surface area contributed by atoms with E-state index < -0.39 is 62.4 Å². The van der Waals surface area contributed by atoms with Gasteiger partial charge in [-0.3, -0.25) is 13.9 Å². The summed E-state index contributed by atoms with van der Waals surface area (Å²) in [5.41, 5.74) is 0.0480. The first-order valence-electron chi connectivity index (χ1n) is 14.0. The monoisotopic (exact) mass is 651 g/mol. The van der Waals surface area contributed by atoms with Crippen LogP contribution in [0.1, 0.15) is 56.4 Å². The lowest BCUT2D eigenvalue weighted by molar-refractivity contribution is -0.141. The van der Waals surface area contributed by atoms with Gasteiger partial charge in [-0.1, -0.05) is 60.5 Å². The number of carbonyl (C=O) groups excluding carboxylic acids is 2. The van der Waals surface area contributed by atoms with Crippen molar-refractivity contribution < 1.29 is 31.2 Å². The molecule has 0 aromatic heterocycles. The van der Waals surface area contributed by atoms with E-state index in [1.54, 1.807) is 58.9 Å². The second-order valence-corrected chi connectivity index (χ2v) is 13.9. The van der Waals surface area contributed by atoms with Crippen LogP contribution in [0.4, 0.5) is 18.9 Å². The zero-order chi connectivity index (χ0) is 33.0. The molecular formula is C32H37ClF3N3O4S. The number of hydrogen-bond acceptors (Lipinski definition) is 4.